The highest BCUT2D eigenvalue weighted by atomic mass is 16.2. The third-order valence-electron chi connectivity index (χ3n) is 2.65. The molecule has 1 heterocycles. The number of nitrogens with one attached hydrogen (secondary N) is 2. The molecule has 1 unspecified atom stereocenters. The molecule has 0 saturated carbocycles. The molecule has 0 spiro atoms. The highest BCUT2D eigenvalue weighted by Crippen LogP contribution is 2.31. The Labute approximate surface area is 67.5 Å². The van der Waals surface area contributed by atoms with Crippen LogP contribution in [0, 0.1) is 5.41 Å². The Bertz CT molecular complexity index is 183. The van der Waals surface area contributed by atoms with Crippen LogP contribution in [0.3, 0.4) is 0 Å². The van der Waals surface area contributed by atoms with E-state index in [2.05, 4.69) is 38.3 Å². The van der Waals surface area contributed by atoms with E-state index in [1.807, 2.05) is 0 Å². The topological polar surface area (TPSA) is 41.1 Å². The van der Waals surface area contributed by atoms with Gasteiger partial charge in [-0.3, -0.25) is 0 Å². The lowest BCUT2D eigenvalue weighted by molar-refractivity contribution is 0.192. The first-order chi connectivity index (χ1) is 4.85. The van der Waals surface area contributed by atoms with Crippen LogP contribution in [0.15, 0.2) is 0 Å². The molecule has 0 aromatic heterocycles. The molecule has 1 fully saturated rings. The Hall–Kier alpha value is -0.730. The van der Waals surface area contributed by atoms with Crippen LogP contribution in [-0.2, 0) is 0 Å². The van der Waals surface area contributed by atoms with Crippen molar-refractivity contribution in [2.45, 2.75) is 33.2 Å². The fraction of sp³-hybridized carbons (Fsp3) is 0.875. The summed E-state index contributed by atoms with van der Waals surface area (Å²) in [5, 5.41) is 5.69. The standard InChI is InChI=1S/C8H16N2O/c1-7(2,3)8(4)5-9-6(11)10-8/h5H2,1-4H3,(H2,9,10,11). The Morgan fingerprint density at radius 3 is 2.18 bits per heavy atom. The van der Waals surface area contributed by atoms with E-state index in [1.165, 1.54) is 0 Å². The van der Waals surface area contributed by atoms with Gasteiger partial charge in [-0.2, -0.15) is 0 Å². The van der Waals surface area contributed by atoms with Gasteiger partial charge < -0.3 is 10.6 Å². The van der Waals surface area contributed by atoms with Crippen LogP contribution < -0.4 is 10.6 Å². The molecule has 0 bridgehead atoms. The molecule has 3 nitrogen and oxygen atoms in total. The lowest BCUT2D eigenvalue weighted by Gasteiger charge is -2.37. The van der Waals surface area contributed by atoms with E-state index in [9.17, 15) is 4.79 Å². The maximum absolute atomic E-state index is 10.9. The summed E-state index contributed by atoms with van der Waals surface area (Å²) in [4.78, 5) is 10.9. The minimum absolute atomic E-state index is 0.0533. The number of hydrogen-bond acceptors (Lipinski definition) is 1. The molecule has 0 radical (unpaired) electrons. The average molecular weight is 156 g/mol. The first-order valence-electron chi connectivity index (χ1n) is 3.91. The lowest BCUT2D eigenvalue weighted by Crippen LogP contribution is -2.51. The van der Waals surface area contributed by atoms with E-state index in [4.69, 9.17) is 0 Å². The molecule has 11 heavy (non-hydrogen) atoms. The van der Waals surface area contributed by atoms with E-state index < -0.39 is 0 Å². The van der Waals surface area contributed by atoms with Crippen molar-refractivity contribution in [1.29, 1.82) is 0 Å². The van der Waals surface area contributed by atoms with Gasteiger partial charge >= 0.3 is 6.03 Å². The largest absolute Gasteiger partial charge is 0.336 e. The maximum Gasteiger partial charge on any atom is 0.315 e. The second-order valence-electron chi connectivity index (χ2n) is 4.39. The molecule has 1 rings (SSSR count). The third kappa shape index (κ3) is 1.32. The molecular weight excluding hydrogens is 140 g/mol. The molecule has 2 amide bonds. The lowest BCUT2D eigenvalue weighted by atomic mass is 9.75. The van der Waals surface area contributed by atoms with E-state index in [0.717, 1.165) is 6.54 Å². The predicted molar refractivity (Wildman–Crippen MR) is 44.4 cm³/mol. The normalized spacial score (nSPS) is 31.5. The van der Waals surface area contributed by atoms with Crippen molar-refractivity contribution in [3.63, 3.8) is 0 Å². The van der Waals surface area contributed by atoms with Crippen molar-refractivity contribution in [2.75, 3.05) is 6.54 Å². The van der Waals surface area contributed by atoms with Crippen LogP contribution in [-0.4, -0.2) is 18.1 Å². The molecule has 1 aliphatic heterocycles. The van der Waals surface area contributed by atoms with E-state index in [1.54, 1.807) is 0 Å². The Balaban J connectivity index is 2.77. The van der Waals surface area contributed by atoms with Gasteiger partial charge in [-0.15, -0.1) is 0 Å². The molecule has 1 aliphatic rings. The quantitative estimate of drug-likeness (QED) is 0.542. The van der Waals surface area contributed by atoms with Gasteiger partial charge in [0, 0.05) is 6.54 Å². The molecule has 64 valence electrons. The van der Waals surface area contributed by atoms with Crippen molar-refractivity contribution >= 4 is 6.03 Å². The van der Waals surface area contributed by atoms with Crippen LogP contribution in [0.1, 0.15) is 27.7 Å². The summed E-state index contributed by atoms with van der Waals surface area (Å²) in [6, 6.07) is -0.0533. The van der Waals surface area contributed by atoms with Gasteiger partial charge in [-0.05, 0) is 12.3 Å². The zero-order chi connectivity index (χ0) is 8.70. The first-order valence-corrected chi connectivity index (χ1v) is 3.91. The maximum atomic E-state index is 10.9. The molecule has 0 aromatic rings. The molecule has 3 heteroatoms. The van der Waals surface area contributed by atoms with Crippen LogP contribution in [0.25, 0.3) is 0 Å². The van der Waals surface area contributed by atoms with E-state index in [-0.39, 0.29) is 17.0 Å². The van der Waals surface area contributed by atoms with Gasteiger partial charge in [0.05, 0.1) is 5.54 Å². The van der Waals surface area contributed by atoms with Gasteiger partial charge in [0.25, 0.3) is 0 Å². The van der Waals surface area contributed by atoms with Crippen LogP contribution in [0.5, 0.6) is 0 Å². The first kappa shape index (κ1) is 8.37. The van der Waals surface area contributed by atoms with Crippen molar-refractivity contribution in [3.8, 4) is 0 Å². The number of hydrogen-bond donors (Lipinski definition) is 2. The minimum Gasteiger partial charge on any atom is -0.336 e. The molecular formula is C8H16N2O. The zero-order valence-electron chi connectivity index (χ0n) is 7.62. The summed E-state index contributed by atoms with van der Waals surface area (Å²) < 4.78 is 0. The smallest absolute Gasteiger partial charge is 0.315 e. The highest BCUT2D eigenvalue weighted by Gasteiger charge is 2.42. The van der Waals surface area contributed by atoms with Crippen molar-refractivity contribution < 1.29 is 4.79 Å². The fourth-order valence-electron chi connectivity index (χ4n) is 1.05. The van der Waals surface area contributed by atoms with E-state index in [0.29, 0.717) is 0 Å². The molecule has 1 atom stereocenters. The summed E-state index contributed by atoms with van der Waals surface area (Å²) in [7, 11) is 0. The number of rotatable bonds is 0. The third-order valence-corrected chi connectivity index (χ3v) is 2.65. The second-order valence-corrected chi connectivity index (χ2v) is 4.39. The van der Waals surface area contributed by atoms with Crippen LogP contribution >= 0.6 is 0 Å². The number of carbonyl (C=O) groups is 1. The van der Waals surface area contributed by atoms with Gasteiger partial charge in [0.1, 0.15) is 0 Å². The second kappa shape index (κ2) is 2.13. The highest BCUT2D eigenvalue weighted by molar-refractivity contribution is 5.77. The van der Waals surface area contributed by atoms with Crippen molar-refractivity contribution in [2.24, 2.45) is 5.41 Å². The fourth-order valence-corrected chi connectivity index (χ4v) is 1.05. The Morgan fingerprint density at radius 2 is 2.00 bits per heavy atom. The van der Waals surface area contributed by atoms with Gasteiger partial charge in [0.2, 0.25) is 0 Å². The molecule has 0 aliphatic carbocycles. The van der Waals surface area contributed by atoms with Crippen LogP contribution in [0.4, 0.5) is 4.79 Å². The minimum atomic E-state index is -0.107. The summed E-state index contributed by atoms with van der Waals surface area (Å²) in [6.45, 7) is 9.15. The number of amides is 2. The van der Waals surface area contributed by atoms with Gasteiger partial charge in [-0.1, -0.05) is 20.8 Å². The summed E-state index contributed by atoms with van der Waals surface area (Å²) in [5.74, 6) is 0. The van der Waals surface area contributed by atoms with Crippen molar-refractivity contribution in [1.82, 2.24) is 10.6 Å². The Kier molecular flexibility index (Phi) is 1.62. The molecule has 1 saturated heterocycles. The molecule has 0 aromatic carbocycles. The average Bonchev–Trinajstić information content (AvgIpc) is 2.10. The molecule has 2 N–H and O–H groups in total. The van der Waals surface area contributed by atoms with E-state index >= 15 is 0 Å². The number of carbonyl (C=O) groups excluding carboxylic acids is 1. The van der Waals surface area contributed by atoms with Gasteiger partial charge in [0.15, 0.2) is 0 Å². The SMILES string of the molecule is CC(C)(C)C1(C)CNC(=O)N1. The number of urea groups is 1. The summed E-state index contributed by atoms with van der Waals surface area (Å²) in [5.41, 5.74) is -0.00373. The van der Waals surface area contributed by atoms with Crippen molar-refractivity contribution in [3.05, 3.63) is 0 Å². The van der Waals surface area contributed by atoms with Crippen LogP contribution in [0.2, 0.25) is 0 Å². The Morgan fingerprint density at radius 1 is 1.45 bits per heavy atom. The predicted octanol–water partition coefficient (Wildman–Crippen LogP) is 1.10. The summed E-state index contributed by atoms with van der Waals surface area (Å²) >= 11 is 0. The zero-order valence-corrected chi connectivity index (χ0v) is 7.62. The summed E-state index contributed by atoms with van der Waals surface area (Å²) in [6.07, 6.45) is 0. The van der Waals surface area contributed by atoms with Gasteiger partial charge in [-0.25, -0.2) is 4.79 Å². The monoisotopic (exact) mass is 156 g/mol.